The van der Waals surface area contributed by atoms with Crippen molar-refractivity contribution in [2.45, 2.75) is 44.4 Å². The summed E-state index contributed by atoms with van der Waals surface area (Å²) < 4.78 is 7.71. The van der Waals surface area contributed by atoms with Gasteiger partial charge in [0, 0.05) is 23.4 Å². The van der Waals surface area contributed by atoms with Crippen LogP contribution in [-0.4, -0.2) is 50.6 Å². The lowest BCUT2D eigenvalue weighted by Crippen LogP contribution is -2.43. The van der Waals surface area contributed by atoms with Gasteiger partial charge in [-0.05, 0) is 73.1 Å². The van der Waals surface area contributed by atoms with Gasteiger partial charge in [0.25, 0.3) is 5.91 Å². The van der Waals surface area contributed by atoms with Crippen molar-refractivity contribution in [3.05, 3.63) is 72.3 Å². The quantitative estimate of drug-likeness (QED) is 0.208. The SMILES string of the molecule is CC(C)(C)NC(=O)COc1ccc2ccccc2c1CNCCCSc1nnnn1-c1ccccc1.Cl. The van der Waals surface area contributed by atoms with Gasteiger partial charge in [0.05, 0.1) is 5.69 Å². The molecule has 0 saturated carbocycles. The molecular formula is C27H33ClN6O2S. The Morgan fingerprint density at radius 1 is 1.03 bits per heavy atom. The van der Waals surface area contributed by atoms with E-state index in [4.69, 9.17) is 4.74 Å². The number of ether oxygens (including phenoxy) is 1. The summed E-state index contributed by atoms with van der Waals surface area (Å²) in [5.41, 5.74) is 1.71. The van der Waals surface area contributed by atoms with E-state index in [1.807, 2.05) is 75.4 Å². The number of hydrogen-bond donors (Lipinski definition) is 2. The van der Waals surface area contributed by atoms with E-state index in [1.165, 1.54) is 0 Å². The number of thioether (sulfide) groups is 1. The van der Waals surface area contributed by atoms with E-state index in [2.05, 4.69) is 38.3 Å². The highest BCUT2D eigenvalue weighted by molar-refractivity contribution is 7.99. The van der Waals surface area contributed by atoms with Gasteiger partial charge in [-0.2, -0.15) is 4.68 Å². The molecule has 1 aromatic heterocycles. The third-order valence-corrected chi connectivity index (χ3v) is 6.35. The number of halogens is 1. The summed E-state index contributed by atoms with van der Waals surface area (Å²) in [6.07, 6.45) is 0.946. The highest BCUT2D eigenvalue weighted by Crippen LogP contribution is 2.28. The largest absolute Gasteiger partial charge is 0.483 e. The van der Waals surface area contributed by atoms with E-state index in [1.54, 1.807) is 16.4 Å². The number of benzene rings is 3. The number of aromatic nitrogens is 4. The molecule has 0 saturated heterocycles. The van der Waals surface area contributed by atoms with Crippen molar-refractivity contribution in [2.75, 3.05) is 18.9 Å². The van der Waals surface area contributed by atoms with Crippen LogP contribution in [0.5, 0.6) is 5.75 Å². The first-order valence-electron chi connectivity index (χ1n) is 12.0. The summed E-state index contributed by atoms with van der Waals surface area (Å²) in [7, 11) is 0. The van der Waals surface area contributed by atoms with Gasteiger partial charge in [-0.25, -0.2) is 0 Å². The summed E-state index contributed by atoms with van der Waals surface area (Å²) >= 11 is 1.63. The number of carbonyl (C=O) groups is 1. The van der Waals surface area contributed by atoms with Gasteiger partial charge in [0.15, 0.2) is 6.61 Å². The van der Waals surface area contributed by atoms with Crippen molar-refractivity contribution in [2.24, 2.45) is 0 Å². The Morgan fingerprint density at radius 2 is 1.78 bits per heavy atom. The molecule has 0 aliphatic rings. The van der Waals surface area contributed by atoms with Crippen molar-refractivity contribution >= 4 is 40.8 Å². The number of nitrogens with one attached hydrogen (secondary N) is 2. The fourth-order valence-corrected chi connectivity index (χ4v) is 4.64. The Balaban J connectivity index is 0.00000380. The number of nitrogens with zero attached hydrogens (tertiary/aromatic N) is 4. The lowest BCUT2D eigenvalue weighted by Gasteiger charge is -2.21. The first kappa shape index (κ1) is 28.4. The topological polar surface area (TPSA) is 94.0 Å². The molecular weight excluding hydrogens is 508 g/mol. The van der Waals surface area contributed by atoms with Crippen molar-refractivity contribution < 1.29 is 9.53 Å². The van der Waals surface area contributed by atoms with Gasteiger partial charge >= 0.3 is 0 Å². The molecule has 2 N–H and O–H groups in total. The standard InChI is InChI=1S/C27H32N6O2S.ClH/c1-27(2,3)29-25(34)19-35-24-15-14-20-10-7-8-13-22(20)23(24)18-28-16-9-17-36-26-30-31-32-33(26)21-11-5-4-6-12-21;/h4-8,10-15,28H,9,16-19H2,1-3H3,(H,29,34);1H. The Labute approximate surface area is 228 Å². The van der Waals surface area contributed by atoms with Crippen LogP contribution in [-0.2, 0) is 11.3 Å². The Kier molecular flexibility index (Phi) is 10.3. The van der Waals surface area contributed by atoms with E-state index < -0.39 is 0 Å². The molecule has 0 aliphatic heterocycles. The predicted molar refractivity (Wildman–Crippen MR) is 151 cm³/mol. The van der Waals surface area contributed by atoms with Crippen molar-refractivity contribution in [3.63, 3.8) is 0 Å². The molecule has 10 heteroatoms. The van der Waals surface area contributed by atoms with E-state index in [-0.39, 0.29) is 30.5 Å². The van der Waals surface area contributed by atoms with Gasteiger partial charge in [-0.15, -0.1) is 17.5 Å². The smallest absolute Gasteiger partial charge is 0.258 e. The lowest BCUT2D eigenvalue weighted by molar-refractivity contribution is -0.124. The third kappa shape index (κ3) is 8.18. The Bertz CT molecular complexity index is 1290. The monoisotopic (exact) mass is 540 g/mol. The maximum absolute atomic E-state index is 12.3. The normalized spacial score (nSPS) is 11.2. The van der Waals surface area contributed by atoms with Gasteiger partial charge in [-0.3, -0.25) is 4.79 Å². The number of para-hydroxylation sites is 1. The van der Waals surface area contributed by atoms with Gasteiger partial charge in [0.1, 0.15) is 5.75 Å². The Morgan fingerprint density at radius 3 is 2.57 bits per heavy atom. The number of rotatable bonds is 11. The zero-order valence-corrected chi connectivity index (χ0v) is 22.9. The molecule has 37 heavy (non-hydrogen) atoms. The van der Waals surface area contributed by atoms with Gasteiger partial charge in [0.2, 0.25) is 5.16 Å². The van der Waals surface area contributed by atoms with Crippen molar-refractivity contribution in [1.29, 1.82) is 0 Å². The number of carbonyl (C=O) groups excluding carboxylic acids is 1. The van der Waals surface area contributed by atoms with Crippen LogP contribution in [0.15, 0.2) is 71.9 Å². The molecule has 0 bridgehead atoms. The van der Waals surface area contributed by atoms with Crippen LogP contribution >= 0.6 is 24.2 Å². The molecule has 1 heterocycles. The summed E-state index contributed by atoms with van der Waals surface area (Å²) in [6.45, 7) is 7.32. The maximum atomic E-state index is 12.3. The van der Waals surface area contributed by atoms with Crippen LogP contribution in [0.25, 0.3) is 16.5 Å². The van der Waals surface area contributed by atoms with Crippen molar-refractivity contribution in [3.8, 4) is 11.4 Å². The van der Waals surface area contributed by atoms with Crippen LogP contribution < -0.4 is 15.4 Å². The third-order valence-electron chi connectivity index (χ3n) is 5.34. The average molecular weight is 541 g/mol. The highest BCUT2D eigenvalue weighted by Gasteiger charge is 2.16. The molecule has 0 radical (unpaired) electrons. The molecule has 3 aromatic carbocycles. The molecule has 4 aromatic rings. The number of fused-ring (bicyclic) bond motifs is 1. The van der Waals surface area contributed by atoms with Gasteiger partial charge < -0.3 is 15.4 Å². The predicted octanol–water partition coefficient (Wildman–Crippen LogP) is 4.80. The van der Waals surface area contributed by atoms with E-state index in [0.717, 1.165) is 51.6 Å². The van der Waals surface area contributed by atoms with Gasteiger partial charge in [-0.1, -0.05) is 60.3 Å². The second-order valence-corrected chi connectivity index (χ2v) is 10.5. The fourth-order valence-electron chi connectivity index (χ4n) is 3.81. The first-order chi connectivity index (χ1) is 17.4. The molecule has 196 valence electrons. The molecule has 1 amide bonds. The minimum atomic E-state index is -0.295. The van der Waals surface area contributed by atoms with Crippen molar-refractivity contribution in [1.82, 2.24) is 30.8 Å². The Hall–Kier alpha value is -3.14. The number of amides is 1. The molecule has 0 atom stereocenters. The van der Waals surface area contributed by atoms with Crippen LogP contribution in [0.2, 0.25) is 0 Å². The molecule has 0 spiro atoms. The molecule has 4 rings (SSSR count). The summed E-state index contributed by atoms with van der Waals surface area (Å²) in [5, 5.41) is 21.6. The zero-order chi connectivity index (χ0) is 25.4. The number of hydrogen-bond acceptors (Lipinski definition) is 7. The van der Waals surface area contributed by atoms with Crippen LogP contribution in [0.3, 0.4) is 0 Å². The zero-order valence-electron chi connectivity index (χ0n) is 21.3. The van der Waals surface area contributed by atoms with Crippen LogP contribution in [0.4, 0.5) is 0 Å². The molecule has 0 fully saturated rings. The summed E-state index contributed by atoms with van der Waals surface area (Å²) in [6, 6.07) is 22.1. The summed E-state index contributed by atoms with van der Waals surface area (Å²) in [5.74, 6) is 1.47. The summed E-state index contributed by atoms with van der Waals surface area (Å²) in [4.78, 5) is 12.3. The van der Waals surface area contributed by atoms with Crippen LogP contribution in [0.1, 0.15) is 32.8 Å². The van der Waals surface area contributed by atoms with Crippen LogP contribution in [0, 0.1) is 0 Å². The minimum Gasteiger partial charge on any atom is -0.483 e. The second kappa shape index (κ2) is 13.4. The fraction of sp³-hybridized carbons (Fsp3) is 0.333. The molecule has 8 nitrogen and oxygen atoms in total. The van der Waals surface area contributed by atoms with E-state index >= 15 is 0 Å². The lowest BCUT2D eigenvalue weighted by atomic mass is 10.0. The van der Waals surface area contributed by atoms with E-state index in [0.29, 0.717) is 6.54 Å². The average Bonchev–Trinajstić information content (AvgIpc) is 3.33. The minimum absolute atomic E-state index is 0. The second-order valence-electron chi connectivity index (χ2n) is 9.44. The first-order valence-corrected chi connectivity index (χ1v) is 13.0. The maximum Gasteiger partial charge on any atom is 0.258 e. The highest BCUT2D eigenvalue weighted by atomic mass is 35.5. The van der Waals surface area contributed by atoms with E-state index in [9.17, 15) is 4.79 Å². The molecule has 0 unspecified atom stereocenters. The molecule has 0 aliphatic carbocycles. The number of tetrazole rings is 1.